The van der Waals surface area contributed by atoms with Crippen molar-refractivity contribution in [1.82, 2.24) is 4.90 Å². The number of halogens is 1. The van der Waals surface area contributed by atoms with E-state index in [1.165, 1.54) is 42.3 Å². The third kappa shape index (κ3) is 3.74. The summed E-state index contributed by atoms with van der Waals surface area (Å²) >= 11 is 2.50. The van der Waals surface area contributed by atoms with Crippen LogP contribution in [0.15, 0.2) is 30.3 Å². The summed E-state index contributed by atoms with van der Waals surface area (Å²) in [7, 11) is 0. The Bertz CT molecular complexity index is 297. The number of hydrogen-bond acceptors (Lipinski definition) is 1. The Morgan fingerprint density at radius 3 is 2.81 bits per heavy atom. The number of nitrogens with zero attached hydrogens (tertiary/aromatic N) is 1. The summed E-state index contributed by atoms with van der Waals surface area (Å²) in [6.07, 6.45) is 4.22. The van der Waals surface area contributed by atoms with Gasteiger partial charge in [0.25, 0.3) is 0 Å². The first-order valence-electron chi connectivity index (χ1n) is 6.20. The number of alkyl halides is 1. The lowest BCUT2D eigenvalue weighted by atomic mass is 9.95. The van der Waals surface area contributed by atoms with Gasteiger partial charge >= 0.3 is 0 Å². The molecule has 0 amide bonds. The van der Waals surface area contributed by atoms with Crippen molar-refractivity contribution < 1.29 is 0 Å². The molecule has 1 aliphatic rings. The minimum Gasteiger partial charge on any atom is -0.299 e. The van der Waals surface area contributed by atoms with Gasteiger partial charge in [0.15, 0.2) is 0 Å². The summed E-state index contributed by atoms with van der Waals surface area (Å²) in [4.78, 5) is 2.62. The summed E-state index contributed by atoms with van der Waals surface area (Å²) < 4.78 is 1.31. The molecule has 1 aromatic rings. The van der Waals surface area contributed by atoms with Crippen LogP contribution in [0.3, 0.4) is 0 Å². The zero-order chi connectivity index (χ0) is 11.2. The van der Waals surface area contributed by atoms with Gasteiger partial charge < -0.3 is 0 Å². The van der Waals surface area contributed by atoms with Crippen molar-refractivity contribution in [2.45, 2.75) is 25.8 Å². The van der Waals surface area contributed by atoms with E-state index >= 15 is 0 Å². The summed E-state index contributed by atoms with van der Waals surface area (Å²) in [6.45, 7) is 3.73. The zero-order valence-electron chi connectivity index (χ0n) is 9.74. The molecule has 1 aliphatic heterocycles. The predicted molar refractivity (Wildman–Crippen MR) is 77.9 cm³/mol. The average molecular weight is 329 g/mol. The van der Waals surface area contributed by atoms with Crippen LogP contribution in [0.4, 0.5) is 0 Å². The van der Waals surface area contributed by atoms with Crippen molar-refractivity contribution in [2.24, 2.45) is 5.92 Å². The minimum atomic E-state index is 0.939. The Balaban J connectivity index is 1.85. The molecule has 2 heteroatoms. The molecule has 1 saturated heterocycles. The fraction of sp³-hybridized carbons (Fsp3) is 0.571. The zero-order valence-corrected chi connectivity index (χ0v) is 11.9. The molecular weight excluding hydrogens is 309 g/mol. The highest BCUT2D eigenvalue weighted by Crippen LogP contribution is 2.21. The van der Waals surface area contributed by atoms with Crippen molar-refractivity contribution in [3.63, 3.8) is 0 Å². The molecule has 0 aliphatic carbocycles. The van der Waals surface area contributed by atoms with Crippen LogP contribution < -0.4 is 0 Å². The Hall–Kier alpha value is -0.0900. The van der Waals surface area contributed by atoms with E-state index in [1.54, 1.807) is 0 Å². The van der Waals surface area contributed by atoms with Crippen molar-refractivity contribution in [1.29, 1.82) is 0 Å². The fourth-order valence-electron chi connectivity index (χ4n) is 2.53. The van der Waals surface area contributed by atoms with Crippen LogP contribution in [-0.4, -0.2) is 22.4 Å². The second kappa shape index (κ2) is 6.60. The van der Waals surface area contributed by atoms with E-state index < -0.39 is 0 Å². The number of likely N-dealkylation sites (tertiary alicyclic amines) is 1. The Kier molecular flexibility index (Phi) is 5.10. The maximum atomic E-state index is 2.62. The lowest BCUT2D eigenvalue weighted by molar-refractivity contribution is 0.166. The van der Waals surface area contributed by atoms with Crippen LogP contribution in [0.2, 0.25) is 0 Å². The Labute approximate surface area is 112 Å². The Morgan fingerprint density at radius 1 is 1.25 bits per heavy atom. The molecule has 1 nitrogen and oxygen atoms in total. The molecule has 0 aromatic heterocycles. The first-order valence-corrected chi connectivity index (χ1v) is 7.73. The minimum absolute atomic E-state index is 0.939. The largest absolute Gasteiger partial charge is 0.299 e. The molecule has 1 aromatic carbocycles. The van der Waals surface area contributed by atoms with Gasteiger partial charge in [-0.15, -0.1) is 0 Å². The average Bonchev–Trinajstić information content (AvgIpc) is 2.31. The van der Waals surface area contributed by atoms with E-state index in [2.05, 4.69) is 57.8 Å². The van der Waals surface area contributed by atoms with E-state index in [9.17, 15) is 0 Å². The van der Waals surface area contributed by atoms with Gasteiger partial charge in [-0.1, -0.05) is 52.9 Å². The standard InChI is InChI=1S/C14H20IN/c15-9-8-14-7-4-10-16(12-14)11-13-5-2-1-3-6-13/h1-3,5-6,14H,4,7-12H2. The third-order valence-corrected chi connectivity index (χ3v) is 3.99. The van der Waals surface area contributed by atoms with E-state index in [0.717, 1.165) is 12.5 Å². The highest BCUT2D eigenvalue weighted by Gasteiger charge is 2.18. The van der Waals surface area contributed by atoms with Crippen molar-refractivity contribution >= 4 is 22.6 Å². The molecule has 1 fully saturated rings. The first kappa shape index (κ1) is 12.4. The van der Waals surface area contributed by atoms with Gasteiger partial charge in [0.05, 0.1) is 0 Å². The van der Waals surface area contributed by atoms with Crippen molar-refractivity contribution in [3.8, 4) is 0 Å². The molecule has 0 N–H and O–H groups in total. The lowest BCUT2D eigenvalue weighted by Gasteiger charge is -2.32. The highest BCUT2D eigenvalue weighted by molar-refractivity contribution is 14.1. The Morgan fingerprint density at radius 2 is 2.06 bits per heavy atom. The third-order valence-electron chi connectivity index (χ3n) is 3.37. The summed E-state index contributed by atoms with van der Waals surface area (Å²) in [5, 5.41) is 0. The van der Waals surface area contributed by atoms with Gasteiger partial charge in [-0.2, -0.15) is 0 Å². The van der Waals surface area contributed by atoms with Gasteiger partial charge in [0.2, 0.25) is 0 Å². The van der Waals surface area contributed by atoms with Crippen LogP contribution in [0.1, 0.15) is 24.8 Å². The van der Waals surface area contributed by atoms with Gasteiger partial charge in [0.1, 0.15) is 0 Å². The normalized spacial score (nSPS) is 22.2. The van der Waals surface area contributed by atoms with Gasteiger partial charge in [0, 0.05) is 13.1 Å². The van der Waals surface area contributed by atoms with Crippen molar-refractivity contribution in [2.75, 3.05) is 17.5 Å². The summed E-state index contributed by atoms with van der Waals surface area (Å²) in [6, 6.07) is 10.9. The molecule has 0 spiro atoms. The molecule has 1 atom stereocenters. The second-order valence-electron chi connectivity index (χ2n) is 4.71. The lowest BCUT2D eigenvalue weighted by Crippen LogP contribution is -2.35. The maximum absolute atomic E-state index is 2.62. The van der Waals surface area contributed by atoms with Crippen molar-refractivity contribution in [3.05, 3.63) is 35.9 Å². The van der Waals surface area contributed by atoms with Crippen LogP contribution in [0.25, 0.3) is 0 Å². The molecule has 1 unspecified atom stereocenters. The summed E-state index contributed by atoms with van der Waals surface area (Å²) in [5.41, 5.74) is 1.46. The number of hydrogen-bond donors (Lipinski definition) is 0. The molecule has 0 bridgehead atoms. The van der Waals surface area contributed by atoms with Crippen LogP contribution in [0, 0.1) is 5.92 Å². The van der Waals surface area contributed by atoms with E-state index in [4.69, 9.17) is 0 Å². The molecule has 1 heterocycles. The smallest absolute Gasteiger partial charge is 0.0233 e. The fourth-order valence-corrected chi connectivity index (χ4v) is 3.41. The second-order valence-corrected chi connectivity index (χ2v) is 5.79. The van der Waals surface area contributed by atoms with E-state index in [-0.39, 0.29) is 0 Å². The van der Waals surface area contributed by atoms with Gasteiger partial charge in [-0.05, 0) is 41.7 Å². The number of benzene rings is 1. The topological polar surface area (TPSA) is 3.24 Å². The summed E-state index contributed by atoms with van der Waals surface area (Å²) in [5.74, 6) is 0.939. The molecule has 88 valence electrons. The van der Waals surface area contributed by atoms with E-state index in [1.807, 2.05) is 0 Å². The molecule has 0 radical (unpaired) electrons. The maximum Gasteiger partial charge on any atom is 0.0233 e. The number of rotatable bonds is 4. The van der Waals surface area contributed by atoms with Gasteiger partial charge in [-0.3, -0.25) is 4.90 Å². The highest BCUT2D eigenvalue weighted by atomic mass is 127. The SMILES string of the molecule is ICCC1CCCN(Cc2ccccc2)C1. The molecule has 2 rings (SSSR count). The van der Waals surface area contributed by atoms with Crippen LogP contribution in [0.5, 0.6) is 0 Å². The molecule has 0 saturated carbocycles. The number of piperidine rings is 1. The molecule has 16 heavy (non-hydrogen) atoms. The first-order chi connectivity index (χ1) is 7.88. The monoisotopic (exact) mass is 329 g/mol. The van der Waals surface area contributed by atoms with Crippen LogP contribution >= 0.6 is 22.6 Å². The molecular formula is C14H20IN. The van der Waals surface area contributed by atoms with Gasteiger partial charge in [-0.25, -0.2) is 0 Å². The van der Waals surface area contributed by atoms with E-state index in [0.29, 0.717) is 0 Å². The van der Waals surface area contributed by atoms with Crippen LogP contribution in [-0.2, 0) is 6.54 Å². The quantitative estimate of drug-likeness (QED) is 0.601. The predicted octanol–water partition coefficient (Wildman–Crippen LogP) is 3.72.